The summed E-state index contributed by atoms with van der Waals surface area (Å²) in [5.41, 5.74) is 1.84. The molecule has 1 aromatic heterocycles. The summed E-state index contributed by atoms with van der Waals surface area (Å²) in [4.78, 5) is 11.8. The summed E-state index contributed by atoms with van der Waals surface area (Å²) in [5, 5.41) is 12.1. The molecule has 0 spiro atoms. The quantitative estimate of drug-likeness (QED) is 0.669. The molecule has 1 aromatic carbocycles. The van der Waals surface area contributed by atoms with Gasteiger partial charge in [-0.1, -0.05) is 36.4 Å². The molecule has 27 heavy (non-hydrogen) atoms. The van der Waals surface area contributed by atoms with E-state index >= 15 is 0 Å². The van der Waals surface area contributed by atoms with Gasteiger partial charge in [0.25, 0.3) is 0 Å². The maximum atomic E-state index is 10.3. The van der Waals surface area contributed by atoms with Gasteiger partial charge in [0.1, 0.15) is 11.1 Å². The molecule has 0 bridgehead atoms. The van der Waals surface area contributed by atoms with Crippen LogP contribution in [-0.2, 0) is 0 Å². The molecule has 0 saturated carbocycles. The fourth-order valence-electron chi connectivity index (χ4n) is 3.55. The van der Waals surface area contributed by atoms with Crippen molar-refractivity contribution in [1.82, 2.24) is 9.88 Å². The SMILES string of the molecule is CCOc1cc([C@@H]2[C@@H](c3ccccn3)N=C3S[C@@H](C)CN32)c(Br)c(Cl)c1O. The Morgan fingerprint density at radius 2 is 2.26 bits per heavy atom. The second kappa shape index (κ2) is 7.53. The number of hydrogen-bond donors (Lipinski definition) is 1. The lowest BCUT2D eigenvalue weighted by Gasteiger charge is -2.29. The van der Waals surface area contributed by atoms with Crippen LogP contribution in [0.1, 0.15) is 37.2 Å². The zero-order valence-corrected chi connectivity index (χ0v) is 18.1. The Bertz CT molecular complexity index is 896. The molecule has 2 aliphatic heterocycles. The Labute approximate surface area is 175 Å². The van der Waals surface area contributed by atoms with Crippen LogP contribution >= 0.6 is 39.3 Å². The Balaban J connectivity index is 1.85. The molecule has 2 aromatic rings. The number of pyridine rings is 1. The number of amidine groups is 1. The van der Waals surface area contributed by atoms with Crippen LogP contribution in [-0.4, -0.2) is 38.6 Å². The Kier molecular flexibility index (Phi) is 5.27. The molecule has 0 aliphatic carbocycles. The first kappa shape index (κ1) is 18.9. The number of halogens is 2. The number of ether oxygens (including phenoxy) is 1. The fourth-order valence-corrected chi connectivity index (χ4v) is 5.38. The first-order valence-corrected chi connectivity index (χ1v) is 10.8. The number of rotatable bonds is 4. The summed E-state index contributed by atoms with van der Waals surface area (Å²) in [6.07, 6.45) is 1.79. The maximum absolute atomic E-state index is 10.3. The Morgan fingerprint density at radius 3 is 2.96 bits per heavy atom. The topological polar surface area (TPSA) is 58.0 Å². The molecular weight excluding hydrogens is 450 g/mol. The van der Waals surface area contributed by atoms with E-state index in [-0.39, 0.29) is 22.9 Å². The molecular formula is C19H19BrClN3O2S. The van der Waals surface area contributed by atoms with Crippen molar-refractivity contribution in [3.8, 4) is 11.5 Å². The summed E-state index contributed by atoms with van der Waals surface area (Å²) < 4.78 is 6.28. The number of hydrogen-bond acceptors (Lipinski definition) is 6. The van der Waals surface area contributed by atoms with Crippen LogP contribution in [0.4, 0.5) is 0 Å². The van der Waals surface area contributed by atoms with Gasteiger partial charge in [-0.05, 0) is 46.6 Å². The van der Waals surface area contributed by atoms with Crippen LogP contribution < -0.4 is 4.74 Å². The van der Waals surface area contributed by atoms with Crippen LogP contribution in [0.2, 0.25) is 5.02 Å². The van der Waals surface area contributed by atoms with Gasteiger partial charge in [0.15, 0.2) is 16.7 Å². The van der Waals surface area contributed by atoms with Gasteiger partial charge in [-0.3, -0.25) is 9.98 Å². The zero-order valence-electron chi connectivity index (χ0n) is 14.9. The number of aromatic hydroxyl groups is 1. The number of aliphatic imine (C=N–C) groups is 1. The standard InChI is InChI=1S/C19H19BrClN3O2S/c1-3-26-13-8-11(14(20)15(21)18(13)25)17-16(12-6-4-5-7-22-12)23-19-24(17)9-10(2)27-19/h4-8,10,16-17,25H,3,9H2,1-2H3/t10-,16+,17+/m0/s1. The zero-order chi connectivity index (χ0) is 19.1. The van der Waals surface area contributed by atoms with E-state index in [1.807, 2.05) is 31.2 Å². The van der Waals surface area contributed by atoms with E-state index in [1.54, 1.807) is 18.0 Å². The fraction of sp³-hybridized carbons (Fsp3) is 0.368. The molecule has 1 N–H and O–H groups in total. The first-order chi connectivity index (χ1) is 13.0. The van der Waals surface area contributed by atoms with Crippen molar-refractivity contribution >= 4 is 44.5 Å². The van der Waals surface area contributed by atoms with Gasteiger partial charge in [-0.2, -0.15) is 0 Å². The van der Waals surface area contributed by atoms with Crippen LogP contribution in [0, 0.1) is 0 Å². The van der Waals surface area contributed by atoms with E-state index in [2.05, 4.69) is 32.7 Å². The number of thioether (sulfide) groups is 1. The second-order valence-electron chi connectivity index (χ2n) is 6.51. The monoisotopic (exact) mass is 467 g/mol. The molecule has 2 aliphatic rings. The number of benzene rings is 1. The van der Waals surface area contributed by atoms with Gasteiger partial charge in [0.2, 0.25) is 0 Å². The first-order valence-electron chi connectivity index (χ1n) is 8.77. The van der Waals surface area contributed by atoms with Crippen LogP contribution in [0.3, 0.4) is 0 Å². The molecule has 0 amide bonds. The minimum Gasteiger partial charge on any atom is -0.503 e. The van der Waals surface area contributed by atoms with Gasteiger partial charge in [-0.25, -0.2) is 0 Å². The molecule has 3 heterocycles. The van der Waals surface area contributed by atoms with E-state index in [1.165, 1.54) is 0 Å². The molecule has 0 radical (unpaired) electrons. The largest absolute Gasteiger partial charge is 0.503 e. The lowest BCUT2D eigenvalue weighted by molar-refractivity contribution is 0.306. The minimum atomic E-state index is -0.146. The summed E-state index contributed by atoms with van der Waals surface area (Å²) in [6, 6.07) is 7.52. The third kappa shape index (κ3) is 3.30. The molecule has 0 unspecified atom stereocenters. The third-order valence-electron chi connectivity index (χ3n) is 4.67. The number of phenolic OH excluding ortho intramolecular Hbond substituents is 1. The van der Waals surface area contributed by atoms with Gasteiger partial charge >= 0.3 is 0 Å². The minimum absolute atomic E-state index is 0.0492. The van der Waals surface area contributed by atoms with E-state index in [9.17, 15) is 5.11 Å². The number of fused-ring (bicyclic) bond motifs is 1. The van der Waals surface area contributed by atoms with Crippen LogP contribution in [0.15, 0.2) is 39.9 Å². The highest BCUT2D eigenvalue weighted by Crippen LogP contribution is 2.52. The number of phenols is 1. The average molecular weight is 469 g/mol. The summed E-state index contributed by atoms with van der Waals surface area (Å²) >= 11 is 11.8. The number of nitrogens with zero attached hydrogens (tertiary/aromatic N) is 3. The predicted octanol–water partition coefficient (Wildman–Crippen LogP) is 5.19. The Hall–Kier alpha value is -1.44. The van der Waals surface area contributed by atoms with Crippen molar-refractivity contribution in [1.29, 1.82) is 0 Å². The summed E-state index contributed by atoms with van der Waals surface area (Å²) in [7, 11) is 0. The molecule has 142 valence electrons. The van der Waals surface area contributed by atoms with E-state index in [4.69, 9.17) is 21.3 Å². The highest BCUT2D eigenvalue weighted by Gasteiger charge is 2.44. The maximum Gasteiger partial charge on any atom is 0.177 e. The van der Waals surface area contributed by atoms with Crippen LogP contribution in [0.5, 0.6) is 11.5 Å². The second-order valence-corrected chi connectivity index (χ2v) is 9.09. The van der Waals surface area contributed by atoms with Crippen molar-refractivity contribution in [3.05, 3.63) is 51.2 Å². The highest BCUT2D eigenvalue weighted by atomic mass is 79.9. The summed E-state index contributed by atoms with van der Waals surface area (Å²) in [6.45, 7) is 5.41. The summed E-state index contributed by atoms with van der Waals surface area (Å²) in [5.74, 6) is 0.334. The van der Waals surface area contributed by atoms with Gasteiger partial charge in [-0.15, -0.1) is 0 Å². The van der Waals surface area contributed by atoms with Crippen LogP contribution in [0.25, 0.3) is 0 Å². The van der Waals surface area contributed by atoms with E-state index in [0.29, 0.717) is 22.1 Å². The predicted molar refractivity (Wildman–Crippen MR) is 113 cm³/mol. The molecule has 3 atom stereocenters. The van der Waals surface area contributed by atoms with E-state index in [0.717, 1.165) is 23.0 Å². The molecule has 4 rings (SSSR count). The average Bonchev–Trinajstić information content (AvgIpc) is 3.19. The lowest BCUT2D eigenvalue weighted by atomic mass is 9.96. The molecule has 1 fully saturated rings. The van der Waals surface area contributed by atoms with Gasteiger partial charge < -0.3 is 14.7 Å². The Morgan fingerprint density at radius 1 is 1.44 bits per heavy atom. The molecule has 8 heteroatoms. The van der Waals surface area contributed by atoms with Gasteiger partial charge in [0, 0.05) is 22.5 Å². The third-order valence-corrected chi connectivity index (χ3v) is 7.23. The van der Waals surface area contributed by atoms with Crippen molar-refractivity contribution in [3.63, 3.8) is 0 Å². The normalized spacial score (nSPS) is 24.1. The van der Waals surface area contributed by atoms with Crippen molar-refractivity contribution in [2.45, 2.75) is 31.2 Å². The molecule has 5 nitrogen and oxygen atoms in total. The number of aromatic nitrogens is 1. The highest BCUT2D eigenvalue weighted by molar-refractivity contribution is 9.10. The van der Waals surface area contributed by atoms with Crippen molar-refractivity contribution in [2.24, 2.45) is 4.99 Å². The lowest BCUT2D eigenvalue weighted by Crippen LogP contribution is -2.29. The molecule has 1 saturated heterocycles. The smallest absolute Gasteiger partial charge is 0.177 e. The van der Waals surface area contributed by atoms with Gasteiger partial charge in [0.05, 0.1) is 18.3 Å². The van der Waals surface area contributed by atoms with E-state index < -0.39 is 0 Å². The van der Waals surface area contributed by atoms with Crippen molar-refractivity contribution < 1.29 is 9.84 Å². The van der Waals surface area contributed by atoms with Crippen molar-refractivity contribution in [2.75, 3.05) is 13.2 Å².